The van der Waals surface area contributed by atoms with E-state index in [-0.39, 0.29) is 29.7 Å². The predicted octanol–water partition coefficient (Wildman–Crippen LogP) is 6.84. The monoisotopic (exact) mass is 687 g/mol. The number of nitrogens with zero attached hydrogens (tertiary/aromatic N) is 2. The molecule has 266 valence electrons. The number of benzene rings is 3. The SMILES string of the molecule is Cc1ccc(F)c(NC(=O)Nc2ccc(-c3cccc4c3c(N)nn4C(=O)CCCCCCCCCCCNC(=O)C[C@H](N)C(=O)O)cc2)c1. The van der Waals surface area contributed by atoms with Crippen LogP contribution in [-0.2, 0) is 9.59 Å². The number of nitrogen functional groups attached to an aromatic ring is 1. The normalized spacial score (nSPS) is 11.7. The van der Waals surface area contributed by atoms with Crippen LogP contribution in [0.5, 0.6) is 0 Å². The number of amides is 3. The number of aryl methyl sites for hydroxylation is 1. The molecule has 0 aliphatic heterocycles. The maximum atomic E-state index is 14.0. The Bertz CT molecular complexity index is 1790. The maximum absolute atomic E-state index is 14.0. The van der Waals surface area contributed by atoms with Crippen LogP contribution in [0.15, 0.2) is 60.7 Å². The van der Waals surface area contributed by atoms with Gasteiger partial charge in [0.05, 0.1) is 23.0 Å². The minimum absolute atomic E-state index is 0.0957. The number of nitrogens with two attached hydrogens (primary N) is 2. The van der Waals surface area contributed by atoms with Crippen molar-refractivity contribution in [1.82, 2.24) is 15.1 Å². The third-order valence-corrected chi connectivity index (χ3v) is 8.41. The van der Waals surface area contributed by atoms with Crippen LogP contribution in [0.4, 0.5) is 26.4 Å². The van der Waals surface area contributed by atoms with Gasteiger partial charge in [0.1, 0.15) is 11.9 Å². The summed E-state index contributed by atoms with van der Waals surface area (Å²) in [6.45, 7) is 2.33. The first-order chi connectivity index (χ1) is 24.0. The van der Waals surface area contributed by atoms with Gasteiger partial charge < -0.3 is 32.5 Å². The first-order valence-corrected chi connectivity index (χ1v) is 17.0. The Morgan fingerprint density at radius 1 is 0.880 bits per heavy atom. The molecule has 3 amide bonds. The fourth-order valence-corrected chi connectivity index (χ4v) is 5.71. The summed E-state index contributed by atoms with van der Waals surface area (Å²) in [7, 11) is 0. The standard InChI is InChI=1S/C37H46FN7O5/c1-24-15-20-28(38)30(22-24)43-37(50)42-26-18-16-25(17-19-26)27-12-11-13-31-34(27)35(40)44-45(31)33(47)14-9-7-5-3-2-4-6-8-10-21-41-32(46)23-29(39)36(48)49/h11-13,15-20,22,29H,2-10,14,21,23,39H2,1H3,(H2,40,44)(H,41,46)(H,48,49)(H2,42,43,50)/t29-/m0/s1. The number of aliphatic carboxylic acids is 1. The average molecular weight is 688 g/mol. The number of anilines is 3. The number of fused-ring (bicyclic) bond motifs is 1. The molecule has 8 N–H and O–H groups in total. The van der Waals surface area contributed by atoms with Crippen molar-refractivity contribution >= 4 is 51.9 Å². The van der Waals surface area contributed by atoms with Crippen LogP contribution in [0, 0.1) is 12.7 Å². The molecular weight excluding hydrogens is 641 g/mol. The molecule has 4 aromatic rings. The van der Waals surface area contributed by atoms with E-state index < -0.39 is 23.9 Å². The number of hydrogen-bond donors (Lipinski definition) is 6. The molecule has 0 fully saturated rings. The van der Waals surface area contributed by atoms with Crippen molar-refractivity contribution in [3.8, 4) is 11.1 Å². The molecule has 12 nitrogen and oxygen atoms in total. The molecule has 0 aliphatic rings. The Kier molecular flexibility index (Phi) is 13.9. The summed E-state index contributed by atoms with van der Waals surface area (Å²) in [5.41, 5.74) is 15.4. The number of halogens is 1. The summed E-state index contributed by atoms with van der Waals surface area (Å²) in [6, 6.07) is 15.5. The fraction of sp³-hybridized carbons (Fsp3) is 0.378. The van der Waals surface area contributed by atoms with Gasteiger partial charge in [0.15, 0.2) is 5.82 Å². The van der Waals surface area contributed by atoms with E-state index in [0.29, 0.717) is 29.6 Å². The third kappa shape index (κ3) is 10.9. The molecule has 13 heteroatoms. The fourth-order valence-electron chi connectivity index (χ4n) is 5.71. The first kappa shape index (κ1) is 37.5. The molecule has 1 aromatic heterocycles. The summed E-state index contributed by atoms with van der Waals surface area (Å²) in [5.74, 6) is -1.90. The number of aromatic nitrogens is 2. The number of carbonyl (C=O) groups excluding carboxylic acids is 3. The summed E-state index contributed by atoms with van der Waals surface area (Å²) >= 11 is 0. The van der Waals surface area contributed by atoms with Crippen LogP contribution in [-0.4, -0.2) is 51.3 Å². The second-order valence-electron chi connectivity index (χ2n) is 12.5. The van der Waals surface area contributed by atoms with Gasteiger partial charge in [0, 0.05) is 18.7 Å². The highest BCUT2D eigenvalue weighted by molar-refractivity contribution is 6.05. The second-order valence-corrected chi connectivity index (χ2v) is 12.5. The van der Waals surface area contributed by atoms with E-state index >= 15 is 0 Å². The van der Waals surface area contributed by atoms with Crippen LogP contribution in [0.25, 0.3) is 22.0 Å². The van der Waals surface area contributed by atoms with Crippen LogP contribution in [0.2, 0.25) is 0 Å². The number of carboxylic acids is 1. The lowest BCUT2D eigenvalue weighted by Gasteiger charge is -2.10. The van der Waals surface area contributed by atoms with Crippen molar-refractivity contribution in [2.45, 2.75) is 83.6 Å². The zero-order valence-electron chi connectivity index (χ0n) is 28.3. The zero-order valence-corrected chi connectivity index (χ0v) is 28.3. The number of unbranched alkanes of at least 4 members (excludes halogenated alkanes) is 8. The van der Waals surface area contributed by atoms with E-state index in [1.54, 1.807) is 24.3 Å². The van der Waals surface area contributed by atoms with Gasteiger partial charge in [-0.1, -0.05) is 75.3 Å². The molecular formula is C37H46FN7O5. The second kappa shape index (κ2) is 18.5. The van der Waals surface area contributed by atoms with Crippen molar-refractivity contribution in [2.75, 3.05) is 22.9 Å². The van der Waals surface area contributed by atoms with E-state index in [4.69, 9.17) is 16.6 Å². The molecule has 0 saturated heterocycles. The average Bonchev–Trinajstić information content (AvgIpc) is 3.43. The van der Waals surface area contributed by atoms with Gasteiger partial charge in [-0.25, -0.2) is 9.18 Å². The molecule has 1 atom stereocenters. The van der Waals surface area contributed by atoms with E-state index in [2.05, 4.69) is 21.0 Å². The smallest absolute Gasteiger partial charge is 0.323 e. The largest absolute Gasteiger partial charge is 0.480 e. The van der Waals surface area contributed by atoms with Crippen molar-refractivity contribution in [1.29, 1.82) is 0 Å². The van der Waals surface area contributed by atoms with Gasteiger partial charge in [-0.2, -0.15) is 4.68 Å². The highest BCUT2D eigenvalue weighted by Gasteiger charge is 2.18. The Labute approximate surface area is 290 Å². The summed E-state index contributed by atoms with van der Waals surface area (Å²) in [6.07, 6.45) is 9.06. The quantitative estimate of drug-likeness (QED) is 0.0612. The molecule has 0 aliphatic carbocycles. The minimum Gasteiger partial charge on any atom is -0.480 e. The number of carbonyl (C=O) groups is 4. The number of carboxylic acid groups (broad SMARTS) is 1. The molecule has 0 saturated carbocycles. The predicted molar refractivity (Wildman–Crippen MR) is 193 cm³/mol. The Morgan fingerprint density at radius 3 is 2.22 bits per heavy atom. The van der Waals surface area contributed by atoms with Gasteiger partial charge in [-0.15, -0.1) is 5.10 Å². The molecule has 0 spiro atoms. The van der Waals surface area contributed by atoms with E-state index in [0.717, 1.165) is 74.5 Å². The number of nitrogens with one attached hydrogen (secondary N) is 3. The Balaban J connectivity index is 1.18. The maximum Gasteiger partial charge on any atom is 0.323 e. The summed E-state index contributed by atoms with van der Waals surface area (Å²) in [5, 5.41) is 21.8. The van der Waals surface area contributed by atoms with Gasteiger partial charge >= 0.3 is 12.0 Å². The minimum atomic E-state index is -1.18. The van der Waals surface area contributed by atoms with Crippen LogP contribution < -0.4 is 27.4 Å². The number of rotatable bonds is 18. The highest BCUT2D eigenvalue weighted by atomic mass is 19.1. The molecule has 3 aromatic carbocycles. The third-order valence-electron chi connectivity index (χ3n) is 8.41. The zero-order chi connectivity index (χ0) is 36.0. The van der Waals surface area contributed by atoms with Gasteiger partial charge in [0.2, 0.25) is 11.8 Å². The Morgan fingerprint density at radius 2 is 1.54 bits per heavy atom. The topological polar surface area (TPSA) is 194 Å². The van der Waals surface area contributed by atoms with Crippen LogP contribution >= 0.6 is 0 Å². The van der Waals surface area contributed by atoms with E-state index in [9.17, 15) is 23.6 Å². The van der Waals surface area contributed by atoms with Gasteiger partial charge in [-0.3, -0.25) is 14.4 Å². The van der Waals surface area contributed by atoms with Gasteiger partial charge in [0.25, 0.3) is 0 Å². The summed E-state index contributed by atoms with van der Waals surface area (Å²) in [4.78, 5) is 47.9. The van der Waals surface area contributed by atoms with Crippen LogP contribution in [0.1, 0.15) is 81.0 Å². The summed E-state index contributed by atoms with van der Waals surface area (Å²) < 4.78 is 15.4. The van der Waals surface area contributed by atoms with E-state index in [1.165, 1.54) is 10.7 Å². The molecule has 1 heterocycles. The first-order valence-electron chi connectivity index (χ1n) is 17.0. The van der Waals surface area contributed by atoms with Crippen molar-refractivity contribution in [3.63, 3.8) is 0 Å². The highest BCUT2D eigenvalue weighted by Crippen LogP contribution is 2.33. The van der Waals surface area contributed by atoms with E-state index in [1.807, 2.05) is 37.3 Å². The molecule has 0 radical (unpaired) electrons. The lowest BCUT2D eigenvalue weighted by atomic mass is 10.0. The number of hydrogen-bond acceptors (Lipinski definition) is 7. The van der Waals surface area contributed by atoms with Crippen molar-refractivity contribution in [3.05, 3.63) is 72.0 Å². The Hall–Kier alpha value is -5.30. The number of urea groups is 1. The lowest BCUT2D eigenvalue weighted by Crippen LogP contribution is -2.37. The molecule has 0 bridgehead atoms. The van der Waals surface area contributed by atoms with Crippen molar-refractivity contribution in [2.24, 2.45) is 5.73 Å². The lowest BCUT2D eigenvalue weighted by molar-refractivity contribution is -0.140. The van der Waals surface area contributed by atoms with Crippen molar-refractivity contribution < 1.29 is 28.7 Å². The van der Waals surface area contributed by atoms with Crippen LogP contribution in [0.3, 0.4) is 0 Å². The van der Waals surface area contributed by atoms with Gasteiger partial charge in [-0.05, 0) is 66.8 Å². The molecule has 0 unspecified atom stereocenters. The molecule has 4 rings (SSSR count). The molecule has 50 heavy (non-hydrogen) atoms.